The maximum atomic E-state index is 5.32. The summed E-state index contributed by atoms with van der Waals surface area (Å²) in [6.07, 6.45) is 7.19. The molecule has 0 N–H and O–H groups in total. The maximum absolute atomic E-state index is 5.32. The number of hydrogen-bond donors (Lipinski definition) is 0. The molecule has 2 rings (SSSR count). The Morgan fingerprint density at radius 3 is 2.70 bits per heavy atom. The van der Waals surface area contributed by atoms with Gasteiger partial charge in [0.05, 0.1) is 6.26 Å². The number of furan rings is 1. The minimum absolute atomic E-state index is 0.731. The average molecular weight is 136 g/mol. The van der Waals surface area contributed by atoms with Crippen molar-refractivity contribution in [3.63, 3.8) is 0 Å². The molecule has 0 bridgehead atoms. The Balaban J connectivity index is 2.12. The van der Waals surface area contributed by atoms with Gasteiger partial charge in [0.2, 0.25) is 0 Å². The summed E-state index contributed by atoms with van der Waals surface area (Å²) in [6.45, 7) is 0. The monoisotopic (exact) mass is 136 g/mol. The molecule has 0 amide bonds. The summed E-state index contributed by atoms with van der Waals surface area (Å²) in [7, 11) is 0. The minimum atomic E-state index is 0.731. The van der Waals surface area contributed by atoms with Crippen LogP contribution in [-0.2, 0) is 0 Å². The number of rotatable bonds is 1. The third-order valence-electron chi connectivity index (χ3n) is 2.30. The zero-order chi connectivity index (χ0) is 6.81. The van der Waals surface area contributed by atoms with Gasteiger partial charge in [-0.2, -0.15) is 0 Å². The summed E-state index contributed by atoms with van der Waals surface area (Å²) in [5.74, 6) is 1.92. The maximum Gasteiger partial charge on any atom is 0.106 e. The smallest absolute Gasteiger partial charge is 0.106 e. The molecule has 1 aromatic rings. The standard InChI is InChI=1S/C9H12O/c1-2-5-8(4-1)9-6-3-7-10-9/h3,6-8H,1-2,4-5H2. The van der Waals surface area contributed by atoms with Crippen LogP contribution in [-0.4, -0.2) is 0 Å². The molecule has 1 fully saturated rings. The SMILES string of the molecule is c1coc(C2CCCC2)c1. The first kappa shape index (κ1) is 6.02. The van der Waals surface area contributed by atoms with Crippen LogP contribution >= 0.6 is 0 Å². The normalized spacial score (nSPS) is 20.0. The van der Waals surface area contributed by atoms with Crippen molar-refractivity contribution >= 4 is 0 Å². The van der Waals surface area contributed by atoms with Crippen LogP contribution in [0.5, 0.6) is 0 Å². The molecule has 0 aromatic carbocycles. The fourth-order valence-corrected chi connectivity index (χ4v) is 1.73. The lowest BCUT2D eigenvalue weighted by molar-refractivity contribution is 0.465. The molecule has 0 spiro atoms. The van der Waals surface area contributed by atoms with Crippen LogP contribution in [0, 0.1) is 0 Å². The second-order valence-corrected chi connectivity index (χ2v) is 3.00. The predicted molar refractivity (Wildman–Crippen MR) is 39.9 cm³/mol. The molecular weight excluding hydrogens is 124 g/mol. The van der Waals surface area contributed by atoms with Crippen molar-refractivity contribution < 1.29 is 4.42 Å². The van der Waals surface area contributed by atoms with Crippen LogP contribution in [0.15, 0.2) is 22.8 Å². The molecule has 0 atom stereocenters. The van der Waals surface area contributed by atoms with Crippen molar-refractivity contribution in [3.8, 4) is 0 Å². The van der Waals surface area contributed by atoms with Crippen molar-refractivity contribution in [3.05, 3.63) is 24.2 Å². The first-order valence-corrected chi connectivity index (χ1v) is 4.00. The molecule has 0 unspecified atom stereocenters. The summed E-state index contributed by atoms with van der Waals surface area (Å²) in [5, 5.41) is 0. The Hall–Kier alpha value is -0.720. The molecule has 1 aliphatic rings. The van der Waals surface area contributed by atoms with Crippen LogP contribution in [0.3, 0.4) is 0 Å². The molecule has 1 aromatic heterocycles. The van der Waals surface area contributed by atoms with E-state index in [0.29, 0.717) is 0 Å². The van der Waals surface area contributed by atoms with E-state index in [4.69, 9.17) is 4.42 Å². The fourth-order valence-electron chi connectivity index (χ4n) is 1.73. The van der Waals surface area contributed by atoms with E-state index in [1.807, 2.05) is 6.07 Å². The lowest BCUT2D eigenvalue weighted by Crippen LogP contribution is -1.87. The van der Waals surface area contributed by atoms with Gasteiger partial charge >= 0.3 is 0 Å². The average Bonchev–Trinajstić information content (AvgIpc) is 2.59. The molecule has 1 heteroatoms. The largest absolute Gasteiger partial charge is 0.469 e. The van der Waals surface area contributed by atoms with Crippen molar-refractivity contribution in [1.29, 1.82) is 0 Å². The summed E-state index contributed by atoms with van der Waals surface area (Å²) >= 11 is 0. The Morgan fingerprint density at radius 1 is 1.30 bits per heavy atom. The highest BCUT2D eigenvalue weighted by Crippen LogP contribution is 2.33. The van der Waals surface area contributed by atoms with E-state index < -0.39 is 0 Å². The first-order valence-electron chi connectivity index (χ1n) is 4.00. The van der Waals surface area contributed by atoms with Crippen LogP contribution in [0.2, 0.25) is 0 Å². The zero-order valence-electron chi connectivity index (χ0n) is 6.05. The van der Waals surface area contributed by atoms with Gasteiger partial charge in [0.1, 0.15) is 5.76 Å². The van der Waals surface area contributed by atoms with Gasteiger partial charge in [-0.3, -0.25) is 0 Å². The second kappa shape index (κ2) is 2.49. The Labute approximate surface area is 61.0 Å². The summed E-state index contributed by atoms with van der Waals surface area (Å²) < 4.78 is 5.32. The Morgan fingerprint density at radius 2 is 2.10 bits per heavy atom. The van der Waals surface area contributed by atoms with Gasteiger partial charge in [-0.05, 0) is 25.0 Å². The van der Waals surface area contributed by atoms with Gasteiger partial charge in [-0.15, -0.1) is 0 Å². The van der Waals surface area contributed by atoms with Gasteiger partial charge < -0.3 is 4.42 Å². The molecule has 0 aliphatic heterocycles. The van der Waals surface area contributed by atoms with Crippen LogP contribution < -0.4 is 0 Å². The van der Waals surface area contributed by atoms with Gasteiger partial charge in [-0.25, -0.2) is 0 Å². The van der Waals surface area contributed by atoms with Crippen LogP contribution in [0.4, 0.5) is 0 Å². The molecule has 0 saturated heterocycles. The van der Waals surface area contributed by atoms with E-state index in [1.54, 1.807) is 6.26 Å². The van der Waals surface area contributed by atoms with Gasteiger partial charge in [-0.1, -0.05) is 12.8 Å². The second-order valence-electron chi connectivity index (χ2n) is 3.00. The van der Waals surface area contributed by atoms with Gasteiger partial charge in [0.25, 0.3) is 0 Å². The van der Waals surface area contributed by atoms with E-state index in [1.165, 1.54) is 31.4 Å². The summed E-state index contributed by atoms with van der Waals surface area (Å²) in [5.41, 5.74) is 0. The third-order valence-corrected chi connectivity index (χ3v) is 2.30. The highest BCUT2D eigenvalue weighted by atomic mass is 16.3. The fraction of sp³-hybridized carbons (Fsp3) is 0.556. The lowest BCUT2D eigenvalue weighted by Gasteiger charge is -2.01. The van der Waals surface area contributed by atoms with Crippen molar-refractivity contribution in [2.75, 3.05) is 0 Å². The summed E-state index contributed by atoms with van der Waals surface area (Å²) in [6, 6.07) is 4.07. The van der Waals surface area contributed by atoms with E-state index in [9.17, 15) is 0 Å². The highest BCUT2D eigenvalue weighted by molar-refractivity contribution is 5.06. The molecule has 1 aliphatic carbocycles. The topological polar surface area (TPSA) is 13.1 Å². The molecule has 1 nitrogen and oxygen atoms in total. The predicted octanol–water partition coefficient (Wildman–Crippen LogP) is 2.94. The first-order chi connectivity index (χ1) is 4.97. The van der Waals surface area contributed by atoms with E-state index in [2.05, 4.69) is 6.07 Å². The quantitative estimate of drug-likeness (QED) is 0.578. The third kappa shape index (κ3) is 0.962. The molecule has 1 saturated carbocycles. The number of hydrogen-bond acceptors (Lipinski definition) is 1. The Kier molecular flexibility index (Phi) is 1.50. The molecule has 0 radical (unpaired) electrons. The van der Waals surface area contributed by atoms with Gasteiger partial charge in [0, 0.05) is 5.92 Å². The summed E-state index contributed by atoms with van der Waals surface area (Å²) in [4.78, 5) is 0. The van der Waals surface area contributed by atoms with Crippen molar-refractivity contribution in [2.24, 2.45) is 0 Å². The molecular formula is C9H12O. The zero-order valence-corrected chi connectivity index (χ0v) is 6.05. The molecule has 1 heterocycles. The Bertz CT molecular complexity index is 183. The van der Waals surface area contributed by atoms with Crippen LogP contribution in [0.1, 0.15) is 37.4 Å². The van der Waals surface area contributed by atoms with E-state index in [-0.39, 0.29) is 0 Å². The highest BCUT2D eigenvalue weighted by Gasteiger charge is 2.18. The van der Waals surface area contributed by atoms with E-state index >= 15 is 0 Å². The van der Waals surface area contributed by atoms with Crippen LogP contribution in [0.25, 0.3) is 0 Å². The van der Waals surface area contributed by atoms with E-state index in [0.717, 1.165) is 5.92 Å². The van der Waals surface area contributed by atoms with Crippen molar-refractivity contribution in [1.82, 2.24) is 0 Å². The molecule has 10 heavy (non-hydrogen) atoms. The van der Waals surface area contributed by atoms with Gasteiger partial charge in [0.15, 0.2) is 0 Å². The minimum Gasteiger partial charge on any atom is -0.469 e. The lowest BCUT2D eigenvalue weighted by atomic mass is 10.1. The molecule has 54 valence electrons. The van der Waals surface area contributed by atoms with Crippen molar-refractivity contribution in [2.45, 2.75) is 31.6 Å².